The molecule has 5 nitrogen and oxygen atoms in total. The quantitative estimate of drug-likeness (QED) is 0.537. The standard InChI is InChI=1S/C21H21ClN2O3S/c1-2-27-20(26)14-24-17-12-11-16(22)13-18(17)28-21(24)23-19(25)10-6-9-15-7-4-3-5-8-15/h3-5,7-8,11-13H,2,6,9-10,14H2,1H3. The third-order valence-electron chi connectivity index (χ3n) is 4.16. The molecule has 0 aliphatic carbocycles. The molecule has 146 valence electrons. The van der Waals surface area contributed by atoms with Crippen molar-refractivity contribution in [2.24, 2.45) is 4.99 Å². The summed E-state index contributed by atoms with van der Waals surface area (Å²) in [4.78, 5) is 29.1. The van der Waals surface area contributed by atoms with E-state index in [0.717, 1.165) is 23.1 Å². The van der Waals surface area contributed by atoms with Gasteiger partial charge in [-0.1, -0.05) is 53.3 Å². The van der Waals surface area contributed by atoms with E-state index in [1.54, 1.807) is 17.6 Å². The van der Waals surface area contributed by atoms with Gasteiger partial charge in [-0.2, -0.15) is 4.99 Å². The molecule has 1 amide bonds. The number of carbonyl (C=O) groups excluding carboxylic acids is 2. The van der Waals surface area contributed by atoms with E-state index in [-0.39, 0.29) is 18.4 Å². The summed E-state index contributed by atoms with van der Waals surface area (Å²) >= 11 is 7.42. The molecule has 0 spiro atoms. The third kappa shape index (κ3) is 5.30. The number of thiazole rings is 1. The van der Waals surface area contributed by atoms with Gasteiger partial charge in [0.05, 0.1) is 16.8 Å². The number of halogens is 1. The van der Waals surface area contributed by atoms with Gasteiger partial charge in [0.2, 0.25) is 5.91 Å². The van der Waals surface area contributed by atoms with Crippen molar-refractivity contribution in [3.63, 3.8) is 0 Å². The summed E-state index contributed by atoms with van der Waals surface area (Å²) < 4.78 is 7.63. The van der Waals surface area contributed by atoms with Crippen molar-refractivity contribution in [2.45, 2.75) is 32.7 Å². The summed E-state index contributed by atoms with van der Waals surface area (Å²) in [5.41, 5.74) is 2.00. The molecule has 0 aliphatic rings. The average molecular weight is 417 g/mol. The Morgan fingerprint density at radius 3 is 2.71 bits per heavy atom. The number of benzene rings is 2. The van der Waals surface area contributed by atoms with Crippen LogP contribution in [-0.2, 0) is 27.3 Å². The zero-order valence-corrected chi connectivity index (χ0v) is 17.1. The molecule has 7 heteroatoms. The zero-order valence-electron chi connectivity index (χ0n) is 15.6. The van der Waals surface area contributed by atoms with Crippen molar-refractivity contribution in [3.8, 4) is 0 Å². The first-order valence-electron chi connectivity index (χ1n) is 9.13. The fraction of sp³-hybridized carbons (Fsp3) is 0.286. The smallest absolute Gasteiger partial charge is 0.326 e. The highest BCUT2D eigenvalue weighted by Crippen LogP contribution is 2.22. The average Bonchev–Trinajstić information content (AvgIpc) is 2.98. The molecule has 0 atom stereocenters. The lowest BCUT2D eigenvalue weighted by Crippen LogP contribution is -2.23. The number of rotatable bonds is 7. The Bertz CT molecular complexity index is 1040. The summed E-state index contributed by atoms with van der Waals surface area (Å²) in [6.45, 7) is 2.07. The van der Waals surface area contributed by atoms with E-state index in [2.05, 4.69) is 4.99 Å². The Kier molecular flexibility index (Phi) is 7.01. The lowest BCUT2D eigenvalue weighted by atomic mass is 10.1. The first kappa shape index (κ1) is 20.3. The second-order valence-corrected chi connectivity index (χ2v) is 7.68. The number of hydrogen-bond acceptors (Lipinski definition) is 4. The van der Waals surface area contributed by atoms with Crippen molar-refractivity contribution in [3.05, 3.63) is 63.9 Å². The minimum Gasteiger partial charge on any atom is -0.465 e. The minimum absolute atomic E-state index is 0.00556. The Labute approximate surface area is 172 Å². The first-order chi connectivity index (χ1) is 13.6. The van der Waals surface area contributed by atoms with E-state index >= 15 is 0 Å². The Hall–Kier alpha value is -2.44. The molecule has 0 radical (unpaired) electrons. The lowest BCUT2D eigenvalue weighted by molar-refractivity contribution is -0.143. The molecule has 0 fully saturated rings. The van der Waals surface area contributed by atoms with Gasteiger partial charge in [0.25, 0.3) is 0 Å². The summed E-state index contributed by atoms with van der Waals surface area (Å²) in [6.07, 6.45) is 1.90. The zero-order chi connectivity index (χ0) is 19.9. The first-order valence-corrected chi connectivity index (χ1v) is 10.3. The molecule has 3 aromatic rings. The Balaban J connectivity index is 1.81. The van der Waals surface area contributed by atoms with Gasteiger partial charge in [-0.25, -0.2) is 0 Å². The van der Waals surface area contributed by atoms with Gasteiger partial charge in [-0.15, -0.1) is 0 Å². The van der Waals surface area contributed by atoms with Crippen LogP contribution in [0.4, 0.5) is 0 Å². The third-order valence-corrected chi connectivity index (χ3v) is 5.43. The van der Waals surface area contributed by atoms with Crippen molar-refractivity contribution in [1.29, 1.82) is 0 Å². The van der Waals surface area contributed by atoms with Crippen LogP contribution in [0.3, 0.4) is 0 Å². The second-order valence-electron chi connectivity index (χ2n) is 6.23. The number of nitrogens with zero attached hydrogens (tertiary/aromatic N) is 2. The van der Waals surface area contributed by atoms with E-state index in [4.69, 9.17) is 16.3 Å². The monoisotopic (exact) mass is 416 g/mol. The van der Waals surface area contributed by atoms with Gasteiger partial charge in [0.15, 0.2) is 4.80 Å². The van der Waals surface area contributed by atoms with Crippen LogP contribution in [0.15, 0.2) is 53.5 Å². The highest BCUT2D eigenvalue weighted by molar-refractivity contribution is 7.16. The van der Waals surface area contributed by atoms with E-state index in [0.29, 0.717) is 22.9 Å². The number of carbonyl (C=O) groups is 2. The topological polar surface area (TPSA) is 60.7 Å². The maximum Gasteiger partial charge on any atom is 0.326 e. The summed E-state index contributed by atoms with van der Waals surface area (Å²) in [5.74, 6) is -0.568. The fourth-order valence-electron chi connectivity index (χ4n) is 2.87. The molecule has 1 aromatic heterocycles. The van der Waals surface area contributed by atoms with Gasteiger partial charge in [-0.3, -0.25) is 9.59 Å². The maximum atomic E-state index is 12.4. The van der Waals surface area contributed by atoms with Crippen LogP contribution in [0.5, 0.6) is 0 Å². The Morgan fingerprint density at radius 2 is 1.96 bits per heavy atom. The summed E-state index contributed by atoms with van der Waals surface area (Å²) in [7, 11) is 0. The van der Waals surface area contributed by atoms with E-state index in [1.165, 1.54) is 16.9 Å². The molecule has 2 aromatic carbocycles. The van der Waals surface area contributed by atoms with Crippen LogP contribution in [-0.4, -0.2) is 23.1 Å². The molecule has 0 unspecified atom stereocenters. The number of fused-ring (bicyclic) bond motifs is 1. The normalized spacial score (nSPS) is 11.7. The van der Waals surface area contributed by atoms with Gasteiger partial charge >= 0.3 is 5.97 Å². The highest BCUT2D eigenvalue weighted by Gasteiger charge is 2.12. The van der Waals surface area contributed by atoms with Crippen LogP contribution < -0.4 is 4.80 Å². The Morgan fingerprint density at radius 1 is 1.18 bits per heavy atom. The largest absolute Gasteiger partial charge is 0.465 e. The van der Waals surface area contributed by atoms with Gasteiger partial charge in [-0.05, 0) is 43.5 Å². The number of hydrogen-bond donors (Lipinski definition) is 0. The summed E-state index contributed by atoms with van der Waals surface area (Å²) in [5, 5.41) is 0.595. The SMILES string of the molecule is CCOC(=O)Cn1c(=NC(=O)CCCc2ccccc2)sc2cc(Cl)ccc21. The second kappa shape index (κ2) is 9.66. The molecule has 0 bridgehead atoms. The van der Waals surface area contributed by atoms with Crippen LogP contribution in [0, 0.1) is 0 Å². The van der Waals surface area contributed by atoms with Gasteiger partial charge in [0, 0.05) is 11.4 Å². The van der Waals surface area contributed by atoms with Crippen LogP contribution >= 0.6 is 22.9 Å². The minimum atomic E-state index is -0.366. The van der Waals surface area contributed by atoms with E-state index in [1.807, 2.05) is 42.5 Å². The predicted octanol–water partition coefficient (Wildman–Crippen LogP) is 4.37. The molecule has 0 saturated carbocycles. The number of aromatic nitrogens is 1. The van der Waals surface area contributed by atoms with E-state index in [9.17, 15) is 9.59 Å². The molecule has 0 aliphatic heterocycles. The molecule has 1 heterocycles. The lowest BCUT2D eigenvalue weighted by Gasteiger charge is -2.05. The molecule has 0 N–H and O–H groups in total. The molecular formula is C21H21ClN2O3S. The van der Waals surface area contributed by atoms with Crippen molar-refractivity contribution >= 4 is 45.0 Å². The van der Waals surface area contributed by atoms with Gasteiger partial charge in [0.1, 0.15) is 6.54 Å². The predicted molar refractivity (Wildman–Crippen MR) is 111 cm³/mol. The van der Waals surface area contributed by atoms with Crippen LogP contribution in [0.1, 0.15) is 25.3 Å². The van der Waals surface area contributed by atoms with Crippen LogP contribution in [0.25, 0.3) is 10.2 Å². The highest BCUT2D eigenvalue weighted by atomic mass is 35.5. The number of ether oxygens (including phenoxy) is 1. The molecule has 3 rings (SSSR count). The maximum absolute atomic E-state index is 12.4. The van der Waals surface area contributed by atoms with Crippen molar-refractivity contribution in [1.82, 2.24) is 4.57 Å². The van der Waals surface area contributed by atoms with E-state index < -0.39 is 0 Å². The number of esters is 1. The van der Waals surface area contributed by atoms with Crippen molar-refractivity contribution < 1.29 is 14.3 Å². The molecule has 0 saturated heterocycles. The summed E-state index contributed by atoms with van der Waals surface area (Å²) in [6, 6.07) is 15.4. The fourth-order valence-corrected chi connectivity index (χ4v) is 4.19. The number of amides is 1. The number of aryl methyl sites for hydroxylation is 1. The molecular weight excluding hydrogens is 396 g/mol. The van der Waals surface area contributed by atoms with Crippen LogP contribution in [0.2, 0.25) is 5.02 Å². The van der Waals surface area contributed by atoms with Gasteiger partial charge < -0.3 is 9.30 Å². The molecule has 28 heavy (non-hydrogen) atoms. The van der Waals surface area contributed by atoms with Crippen molar-refractivity contribution in [2.75, 3.05) is 6.61 Å².